The SMILES string of the molecule is CCC(N)C(N1CCCC2C(=O)NCC21)C(F)(F)F. The van der Waals surface area contributed by atoms with Crippen LogP contribution < -0.4 is 11.1 Å². The minimum absolute atomic E-state index is 0.124. The first-order valence-corrected chi connectivity index (χ1v) is 6.72. The molecule has 0 radical (unpaired) electrons. The van der Waals surface area contributed by atoms with Gasteiger partial charge in [0.15, 0.2) is 0 Å². The van der Waals surface area contributed by atoms with Gasteiger partial charge in [0.05, 0.1) is 5.92 Å². The van der Waals surface area contributed by atoms with E-state index in [0.717, 1.165) is 0 Å². The van der Waals surface area contributed by atoms with Gasteiger partial charge in [-0.3, -0.25) is 9.69 Å². The highest BCUT2D eigenvalue weighted by molar-refractivity contribution is 5.82. The molecule has 4 unspecified atom stereocenters. The van der Waals surface area contributed by atoms with Crippen LogP contribution in [0.1, 0.15) is 26.2 Å². The van der Waals surface area contributed by atoms with Crippen LogP contribution in [0.25, 0.3) is 0 Å². The highest BCUT2D eigenvalue weighted by Crippen LogP contribution is 2.35. The van der Waals surface area contributed by atoms with Gasteiger partial charge in [0, 0.05) is 18.6 Å². The number of rotatable bonds is 3. The van der Waals surface area contributed by atoms with Crippen molar-refractivity contribution in [2.45, 2.75) is 50.5 Å². The minimum Gasteiger partial charge on any atom is -0.354 e. The number of carbonyl (C=O) groups excluding carboxylic acids is 1. The monoisotopic (exact) mass is 279 g/mol. The van der Waals surface area contributed by atoms with Crippen LogP contribution in [0, 0.1) is 5.92 Å². The van der Waals surface area contributed by atoms with Crippen LogP contribution in [0.5, 0.6) is 0 Å². The van der Waals surface area contributed by atoms with Crippen LogP contribution in [-0.4, -0.2) is 48.2 Å². The van der Waals surface area contributed by atoms with Crippen molar-refractivity contribution in [3.05, 3.63) is 0 Å². The number of halogens is 3. The molecule has 4 nitrogen and oxygen atoms in total. The second-order valence-corrected chi connectivity index (χ2v) is 5.36. The molecule has 0 spiro atoms. The van der Waals surface area contributed by atoms with E-state index in [1.165, 1.54) is 4.90 Å². The second-order valence-electron chi connectivity index (χ2n) is 5.36. The Morgan fingerprint density at radius 2 is 2.21 bits per heavy atom. The van der Waals surface area contributed by atoms with Gasteiger partial charge in [0.25, 0.3) is 0 Å². The summed E-state index contributed by atoms with van der Waals surface area (Å²) in [5.41, 5.74) is 5.68. The average Bonchev–Trinajstić information content (AvgIpc) is 2.71. The summed E-state index contributed by atoms with van der Waals surface area (Å²) in [4.78, 5) is 13.0. The van der Waals surface area contributed by atoms with Crippen molar-refractivity contribution in [3.63, 3.8) is 0 Å². The van der Waals surface area contributed by atoms with E-state index >= 15 is 0 Å². The predicted octanol–water partition coefficient (Wildman–Crippen LogP) is 0.865. The molecule has 3 N–H and O–H groups in total. The van der Waals surface area contributed by atoms with Crippen molar-refractivity contribution < 1.29 is 18.0 Å². The van der Waals surface area contributed by atoms with Crippen molar-refractivity contribution in [2.75, 3.05) is 13.1 Å². The van der Waals surface area contributed by atoms with Gasteiger partial charge in [-0.1, -0.05) is 6.92 Å². The summed E-state index contributed by atoms with van der Waals surface area (Å²) in [6, 6.07) is -2.97. The zero-order valence-corrected chi connectivity index (χ0v) is 10.9. The van der Waals surface area contributed by atoms with Gasteiger partial charge in [-0.05, 0) is 25.8 Å². The average molecular weight is 279 g/mol. The van der Waals surface area contributed by atoms with Crippen LogP contribution in [0.2, 0.25) is 0 Å². The Morgan fingerprint density at radius 3 is 2.79 bits per heavy atom. The molecule has 2 aliphatic heterocycles. The van der Waals surface area contributed by atoms with Crippen molar-refractivity contribution in [3.8, 4) is 0 Å². The van der Waals surface area contributed by atoms with Crippen LogP contribution >= 0.6 is 0 Å². The number of hydrogen-bond donors (Lipinski definition) is 2. The Hall–Kier alpha value is -0.820. The summed E-state index contributed by atoms with van der Waals surface area (Å²) >= 11 is 0. The molecule has 2 fully saturated rings. The fourth-order valence-corrected chi connectivity index (χ4v) is 3.23. The number of piperidine rings is 1. The van der Waals surface area contributed by atoms with Crippen molar-refractivity contribution in [1.29, 1.82) is 0 Å². The lowest BCUT2D eigenvalue weighted by atomic mass is 9.88. The molecule has 1 amide bonds. The third-order valence-corrected chi connectivity index (χ3v) is 4.21. The molecule has 0 aromatic heterocycles. The number of fused-ring (bicyclic) bond motifs is 1. The first kappa shape index (κ1) is 14.6. The first-order valence-electron chi connectivity index (χ1n) is 6.72. The molecule has 2 rings (SSSR count). The van der Waals surface area contributed by atoms with Gasteiger partial charge >= 0.3 is 6.18 Å². The van der Waals surface area contributed by atoms with Gasteiger partial charge in [-0.2, -0.15) is 13.2 Å². The number of carbonyl (C=O) groups is 1. The van der Waals surface area contributed by atoms with E-state index in [-0.39, 0.29) is 24.3 Å². The number of amides is 1. The number of nitrogens with two attached hydrogens (primary N) is 1. The van der Waals surface area contributed by atoms with Crippen molar-refractivity contribution in [2.24, 2.45) is 11.7 Å². The topological polar surface area (TPSA) is 58.4 Å². The van der Waals surface area contributed by atoms with Crippen LogP contribution in [0.3, 0.4) is 0 Å². The molecule has 0 saturated carbocycles. The van der Waals surface area contributed by atoms with Crippen molar-refractivity contribution in [1.82, 2.24) is 10.2 Å². The van der Waals surface area contributed by atoms with Crippen LogP contribution in [0.15, 0.2) is 0 Å². The summed E-state index contributed by atoms with van der Waals surface area (Å²) in [5, 5.41) is 2.67. The largest absolute Gasteiger partial charge is 0.405 e. The zero-order valence-electron chi connectivity index (χ0n) is 10.9. The molecule has 2 heterocycles. The minimum atomic E-state index is -4.36. The van der Waals surface area contributed by atoms with E-state index in [4.69, 9.17) is 5.73 Å². The number of likely N-dealkylation sites (tertiary alicyclic amines) is 1. The maximum atomic E-state index is 13.3. The zero-order chi connectivity index (χ0) is 14.2. The fourth-order valence-electron chi connectivity index (χ4n) is 3.23. The molecule has 2 saturated heterocycles. The summed E-state index contributed by atoms with van der Waals surface area (Å²) in [5.74, 6) is -0.441. The highest BCUT2D eigenvalue weighted by Gasteiger charge is 2.52. The fraction of sp³-hybridized carbons (Fsp3) is 0.917. The van der Waals surface area contributed by atoms with Gasteiger partial charge in [0.1, 0.15) is 6.04 Å². The lowest BCUT2D eigenvalue weighted by Crippen LogP contribution is -2.62. The number of alkyl halides is 3. The second kappa shape index (κ2) is 5.28. The van der Waals surface area contributed by atoms with E-state index < -0.39 is 18.3 Å². The summed E-state index contributed by atoms with van der Waals surface area (Å²) in [6.07, 6.45) is -2.82. The Labute approximate surface area is 110 Å². The van der Waals surface area contributed by atoms with E-state index in [1.54, 1.807) is 6.92 Å². The van der Waals surface area contributed by atoms with E-state index in [2.05, 4.69) is 5.32 Å². The molecule has 110 valence electrons. The third-order valence-electron chi connectivity index (χ3n) is 4.21. The Kier molecular flexibility index (Phi) is 4.06. The Balaban J connectivity index is 2.23. The number of nitrogens with zero attached hydrogens (tertiary/aromatic N) is 1. The van der Waals surface area contributed by atoms with Crippen LogP contribution in [-0.2, 0) is 4.79 Å². The molecular weight excluding hydrogens is 259 g/mol. The summed E-state index contributed by atoms with van der Waals surface area (Å²) in [7, 11) is 0. The predicted molar refractivity (Wildman–Crippen MR) is 64.3 cm³/mol. The number of hydrogen-bond acceptors (Lipinski definition) is 3. The summed E-state index contributed by atoms with van der Waals surface area (Å²) < 4.78 is 39.8. The van der Waals surface area contributed by atoms with Gasteiger partial charge in [-0.25, -0.2) is 0 Å². The molecular formula is C12H20F3N3O. The Bertz CT molecular complexity index is 348. The highest BCUT2D eigenvalue weighted by atomic mass is 19.4. The lowest BCUT2D eigenvalue weighted by Gasteiger charge is -2.43. The quantitative estimate of drug-likeness (QED) is 0.806. The molecule has 0 aliphatic carbocycles. The normalized spacial score (nSPS) is 31.7. The third kappa shape index (κ3) is 2.72. The molecule has 4 atom stereocenters. The molecule has 0 aromatic carbocycles. The van der Waals surface area contributed by atoms with Gasteiger partial charge < -0.3 is 11.1 Å². The van der Waals surface area contributed by atoms with E-state index in [0.29, 0.717) is 25.9 Å². The summed E-state index contributed by atoms with van der Waals surface area (Å²) in [6.45, 7) is 2.31. The smallest absolute Gasteiger partial charge is 0.354 e. The van der Waals surface area contributed by atoms with Crippen molar-refractivity contribution >= 4 is 5.91 Å². The standard InChI is InChI=1S/C12H20F3N3O/c1-2-8(16)10(12(13,14)15)18-5-3-4-7-9(18)6-17-11(7)19/h7-10H,2-6,16H2,1H3,(H,17,19). The molecule has 7 heteroatoms. The van der Waals surface area contributed by atoms with Gasteiger partial charge in [-0.15, -0.1) is 0 Å². The first-order chi connectivity index (χ1) is 8.86. The number of nitrogens with one attached hydrogen (secondary N) is 1. The maximum absolute atomic E-state index is 13.3. The Morgan fingerprint density at radius 1 is 1.53 bits per heavy atom. The van der Waals surface area contributed by atoms with Crippen LogP contribution in [0.4, 0.5) is 13.2 Å². The molecule has 2 aliphatic rings. The lowest BCUT2D eigenvalue weighted by molar-refractivity contribution is -0.200. The van der Waals surface area contributed by atoms with E-state index in [9.17, 15) is 18.0 Å². The molecule has 19 heavy (non-hydrogen) atoms. The van der Waals surface area contributed by atoms with E-state index in [1.807, 2.05) is 0 Å². The molecule has 0 bridgehead atoms. The molecule has 0 aromatic rings. The maximum Gasteiger partial charge on any atom is 0.405 e. The van der Waals surface area contributed by atoms with Gasteiger partial charge in [0.2, 0.25) is 5.91 Å².